The lowest BCUT2D eigenvalue weighted by Crippen LogP contribution is -2.52. The molecule has 25 heavy (non-hydrogen) atoms. The summed E-state index contributed by atoms with van der Waals surface area (Å²) < 4.78 is 78.6. The van der Waals surface area contributed by atoms with Gasteiger partial charge in [0.15, 0.2) is 0 Å². The van der Waals surface area contributed by atoms with E-state index >= 15 is 0 Å². The number of carbonyl (C=O) groups excluding carboxylic acids is 1. The van der Waals surface area contributed by atoms with E-state index in [0.29, 0.717) is 5.01 Å². The molecule has 0 spiro atoms. The normalized spacial score (nSPS) is 23.2. The topological polar surface area (TPSA) is 44.7 Å². The van der Waals surface area contributed by atoms with Gasteiger partial charge in [0, 0.05) is 24.7 Å². The largest absolute Gasteiger partial charge is 0.390 e. The Morgan fingerprint density at radius 3 is 2.64 bits per heavy atom. The first kappa shape index (κ1) is 19.6. The molecule has 11 heteroatoms. The molecule has 2 aliphatic heterocycles. The summed E-state index contributed by atoms with van der Waals surface area (Å²) >= 11 is 5.38. The van der Waals surface area contributed by atoms with Gasteiger partial charge in [-0.1, -0.05) is 0 Å². The van der Waals surface area contributed by atoms with Crippen LogP contribution in [-0.4, -0.2) is 48.2 Å². The Kier molecular flexibility index (Phi) is 5.70. The predicted octanol–water partition coefficient (Wildman–Crippen LogP) is 3.36. The lowest BCUT2D eigenvalue weighted by Gasteiger charge is -2.35. The van der Waals surface area contributed by atoms with E-state index in [1.54, 1.807) is 0 Å². The van der Waals surface area contributed by atoms with Crippen LogP contribution >= 0.6 is 11.6 Å². The molecule has 0 radical (unpaired) electrons. The molecule has 1 amide bonds. The van der Waals surface area contributed by atoms with Gasteiger partial charge < -0.3 is 5.32 Å². The molecule has 0 bridgehead atoms. The minimum Gasteiger partial charge on any atom is -0.384 e. The first-order valence-electron chi connectivity index (χ1n) is 7.17. The second-order valence-corrected chi connectivity index (χ2v) is 5.97. The molecule has 2 atom stereocenters. The smallest absolute Gasteiger partial charge is 0.384 e. The van der Waals surface area contributed by atoms with Crippen LogP contribution in [-0.2, 0) is 4.79 Å². The fourth-order valence-electron chi connectivity index (χ4n) is 2.61. The second-order valence-electron chi connectivity index (χ2n) is 5.70. The van der Waals surface area contributed by atoms with Gasteiger partial charge in [-0.2, -0.15) is 18.3 Å². The minimum atomic E-state index is -5.03. The highest BCUT2D eigenvalue weighted by molar-refractivity contribution is 6.20. The molecule has 2 unspecified atom stereocenters. The Balaban J connectivity index is 2.34. The van der Waals surface area contributed by atoms with E-state index < -0.39 is 48.1 Å². The summed E-state index contributed by atoms with van der Waals surface area (Å²) in [6.45, 7) is -0.0816. The van der Waals surface area contributed by atoms with Gasteiger partial charge in [-0.3, -0.25) is 4.79 Å². The van der Waals surface area contributed by atoms with Crippen LogP contribution in [0.1, 0.15) is 12.8 Å². The highest BCUT2D eigenvalue weighted by Gasteiger charge is 2.56. The Morgan fingerprint density at radius 2 is 2.12 bits per heavy atom. The molecular formula is C14H14ClF6N3O. The number of hydrogen-bond acceptors (Lipinski definition) is 3. The van der Waals surface area contributed by atoms with Crippen molar-refractivity contribution in [3.8, 4) is 0 Å². The third kappa shape index (κ3) is 4.10. The van der Waals surface area contributed by atoms with Gasteiger partial charge in [-0.15, -0.1) is 11.6 Å². The molecular weight excluding hydrogens is 376 g/mol. The van der Waals surface area contributed by atoms with Crippen LogP contribution in [0.25, 0.3) is 0 Å². The van der Waals surface area contributed by atoms with Crippen molar-refractivity contribution in [1.29, 1.82) is 0 Å². The number of hydrogen-bond donors (Lipinski definition) is 1. The number of dihydropyridines is 1. The molecule has 0 saturated carbocycles. The van der Waals surface area contributed by atoms with Crippen LogP contribution in [0.15, 0.2) is 28.8 Å². The average Bonchev–Trinajstić information content (AvgIpc) is 3.00. The van der Waals surface area contributed by atoms with Gasteiger partial charge in [-0.25, -0.2) is 18.2 Å². The summed E-state index contributed by atoms with van der Waals surface area (Å²) in [7, 11) is 0. The monoisotopic (exact) mass is 389 g/mol. The van der Waals surface area contributed by atoms with Crippen molar-refractivity contribution < 1.29 is 31.1 Å². The number of nitrogens with zero attached hydrogens (tertiary/aromatic N) is 2. The highest BCUT2D eigenvalue weighted by Crippen LogP contribution is 2.42. The molecule has 0 aromatic heterocycles. The van der Waals surface area contributed by atoms with Gasteiger partial charge >= 0.3 is 6.18 Å². The molecule has 2 aliphatic rings. The SMILES string of the molecule is O=C(N1N=CCC1C1=CNCC(F)=C1)C(CCl)(CC(F)(F)F)C(F)F. The van der Waals surface area contributed by atoms with Gasteiger partial charge in [0.2, 0.25) is 0 Å². The Hall–Kier alpha value is -1.71. The van der Waals surface area contributed by atoms with Crippen LogP contribution in [0.5, 0.6) is 0 Å². The van der Waals surface area contributed by atoms with Crippen molar-refractivity contribution in [3.63, 3.8) is 0 Å². The Morgan fingerprint density at radius 1 is 1.44 bits per heavy atom. The number of nitrogens with one attached hydrogen (secondary N) is 1. The minimum absolute atomic E-state index is 0.0522. The number of amides is 1. The van der Waals surface area contributed by atoms with Gasteiger partial charge in [-0.05, 0) is 11.6 Å². The molecule has 4 nitrogen and oxygen atoms in total. The fourth-order valence-corrected chi connectivity index (χ4v) is 2.94. The zero-order valence-corrected chi connectivity index (χ0v) is 13.4. The number of halogens is 7. The van der Waals surface area contributed by atoms with E-state index in [4.69, 9.17) is 11.6 Å². The van der Waals surface area contributed by atoms with E-state index in [0.717, 1.165) is 6.08 Å². The average molecular weight is 390 g/mol. The molecule has 0 aromatic rings. The summed E-state index contributed by atoms with van der Waals surface area (Å²) in [5.41, 5.74) is -2.95. The molecule has 2 heterocycles. The van der Waals surface area contributed by atoms with Crippen molar-refractivity contribution in [2.75, 3.05) is 12.4 Å². The number of alkyl halides is 6. The number of hydrazone groups is 1. The van der Waals surface area contributed by atoms with Crippen molar-refractivity contribution >= 4 is 23.7 Å². The first-order chi connectivity index (χ1) is 11.6. The van der Waals surface area contributed by atoms with E-state index in [2.05, 4.69) is 10.4 Å². The fraction of sp³-hybridized carbons (Fsp3) is 0.571. The van der Waals surface area contributed by atoms with Crippen molar-refractivity contribution in [2.24, 2.45) is 10.5 Å². The standard InChI is InChI=1S/C14H14ClF6N3O/c15-7-13(11(17)18,6-14(19,20)21)12(25)24-10(1-2-23-24)8-3-9(16)5-22-4-8/h2-4,10-11,22H,1,5-7H2. The number of rotatable bonds is 5. The van der Waals surface area contributed by atoms with Crippen molar-refractivity contribution in [1.82, 2.24) is 10.3 Å². The molecule has 0 aromatic carbocycles. The third-order valence-electron chi connectivity index (χ3n) is 3.88. The van der Waals surface area contributed by atoms with Crippen LogP contribution < -0.4 is 5.32 Å². The third-order valence-corrected chi connectivity index (χ3v) is 4.36. The molecule has 2 rings (SSSR count). The molecule has 0 fully saturated rings. The molecule has 0 saturated heterocycles. The summed E-state index contributed by atoms with van der Waals surface area (Å²) in [6.07, 6.45) is -7.07. The number of carbonyl (C=O) groups is 1. The Bertz CT molecular complexity index is 618. The zero-order valence-electron chi connectivity index (χ0n) is 12.7. The molecule has 1 N–H and O–H groups in total. The van der Waals surface area contributed by atoms with Gasteiger partial charge in [0.25, 0.3) is 12.3 Å². The van der Waals surface area contributed by atoms with E-state index in [9.17, 15) is 31.1 Å². The second kappa shape index (κ2) is 7.27. The van der Waals surface area contributed by atoms with Crippen LogP contribution in [0.2, 0.25) is 0 Å². The molecule has 140 valence electrons. The maximum absolute atomic E-state index is 13.4. The van der Waals surface area contributed by atoms with Gasteiger partial charge in [0.05, 0.1) is 19.0 Å². The highest BCUT2D eigenvalue weighted by atomic mass is 35.5. The van der Waals surface area contributed by atoms with Crippen molar-refractivity contribution in [3.05, 3.63) is 23.7 Å². The first-order valence-corrected chi connectivity index (χ1v) is 7.70. The predicted molar refractivity (Wildman–Crippen MR) is 78.8 cm³/mol. The summed E-state index contributed by atoms with van der Waals surface area (Å²) in [5.74, 6) is -3.35. The van der Waals surface area contributed by atoms with Crippen molar-refractivity contribution in [2.45, 2.75) is 31.5 Å². The summed E-state index contributed by atoms with van der Waals surface area (Å²) in [4.78, 5) is 12.5. The lowest BCUT2D eigenvalue weighted by molar-refractivity contribution is -0.189. The Labute approximate surface area is 144 Å². The van der Waals surface area contributed by atoms with E-state index in [1.807, 2.05) is 0 Å². The quantitative estimate of drug-likeness (QED) is 0.579. The maximum Gasteiger partial charge on any atom is 0.390 e. The van der Waals surface area contributed by atoms with Gasteiger partial charge in [0.1, 0.15) is 11.2 Å². The lowest BCUT2D eigenvalue weighted by atomic mass is 9.84. The summed E-state index contributed by atoms with van der Waals surface area (Å²) in [6, 6.07) is -0.986. The van der Waals surface area contributed by atoms with E-state index in [1.165, 1.54) is 12.4 Å². The summed E-state index contributed by atoms with van der Waals surface area (Å²) in [5, 5.41) is 6.74. The van der Waals surface area contributed by atoms with Crippen LogP contribution in [0.3, 0.4) is 0 Å². The maximum atomic E-state index is 13.4. The molecule has 0 aliphatic carbocycles. The van der Waals surface area contributed by atoms with Crippen LogP contribution in [0.4, 0.5) is 26.3 Å². The zero-order chi connectivity index (χ0) is 18.8. The van der Waals surface area contributed by atoms with Crippen LogP contribution in [0, 0.1) is 5.41 Å². The van der Waals surface area contributed by atoms with E-state index in [-0.39, 0.29) is 18.5 Å².